The van der Waals surface area contributed by atoms with Crippen LogP contribution in [0.5, 0.6) is 0 Å². The summed E-state index contributed by atoms with van der Waals surface area (Å²) in [6.45, 7) is 0. The summed E-state index contributed by atoms with van der Waals surface area (Å²) in [7, 11) is 0. The fourth-order valence-electron chi connectivity index (χ4n) is 1.11. The Bertz CT molecular complexity index is 480. The summed E-state index contributed by atoms with van der Waals surface area (Å²) < 4.78 is 1.46. The molecule has 0 aliphatic heterocycles. The van der Waals surface area contributed by atoms with Crippen LogP contribution in [-0.2, 0) is 0 Å². The number of halogens is 1. The van der Waals surface area contributed by atoms with Gasteiger partial charge in [-0.1, -0.05) is 11.6 Å². The van der Waals surface area contributed by atoms with Crippen molar-refractivity contribution in [2.75, 3.05) is 0 Å². The molecule has 0 aliphatic carbocycles. The Kier molecular flexibility index (Phi) is 1.66. The van der Waals surface area contributed by atoms with Gasteiger partial charge in [-0.25, -0.2) is 4.98 Å². The minimum absolute atomic E-state index is 0.0469. The standard InChI is InChI=1S/C7H4ClN3O2/c8-6-2-1-5(11(12)13)7-9-3-4-10(6)7/h1-4H. The van der Waals surface area contributed by atoms with E-state index in [0.717, 1.165) is 0 Å². The first-order valence-electron chi connectivity index (χ1n) is 3.46. The Morgan fingerprint density at radius 2 is 2.31 bits per heavy atom. The van der Waals surface area contributed by atoms with E-state index in [1.807, 2.05) is 0 Å². The van der Waals surface area contributed by atoms with Crippen molar-refractivity contribution < 1.29 is 4.92 Å². The molecule has 0 bridgehead atoms. The van der Waals surface area contributed by atoms with E-state index in [1.165, 1.54) is 22.7 Å². The van der Waals surface area contributed by atoms with Crippen molar-refractivity contribution >= 4 is 22.9 Å². The Balaban J connectivity index is 2.86. The molecule has 66 valence electrons. The number of imidazole rings is 1. The van der Waals surface area contributed by atoms with Crippen molar-refractivity contribution in [2.45, 2.75) is 0 Å². The fraction of sp³-hybridized carbons (Fsp3) is 0. The first-order valence-corrected chi connectivity index (χ1v) is 3.84. The summed E-state index contributed by atoms with van der Waals surface area (Å²) >= 11 is 5.78. The Morgan fingerprint density at radius 1 is 1.54 bits per heavy atom. The topological polar surface area (TPSA) is 60.4 Å². The number of aromatic nitrogens is 2. The van der Waals surface area contributed by atoms with Gasteiger partial charge < -0.3 is 0 Å². The van der Waals surface area contributed by atoms with Crippen molar-refractivity contribution in [3.63, 3.8) is 0 Å². The van der Waals surface area contributed by atoms with E-state index in [2.05, 4.69) is 4.98 Å². The van der Waals surface area contributed by atoms with Crippen molar-refractivity contribution in [1.82, 2.24) is 9.38 Å². The van der Waals surface area contributed by atoms with E-state index < -0.39 is 4.92 Å². The number of hydrogen-bond donors (Lipinski definition) is 0. The molecule has 0 fully saturated rings. The lowest BCUT2D eigenvalue weighted by atomic mass is 10.4. The molecule has 0 N–H and O–H groups in total. The second-order valence-corrected chi connectivity index (χ2v) is 2.81. The summed E-state index contributed by atoms with van der Waals surface area (Å²) in [6, 6.07) is 2.80. The third-order valence-electron chi connectivity index (χ3n) is 1.68. The number of pyridine rings is 1. The minimum Gasteiger partial charge on any atom is -0.284 e. The molecule has 0 spiro atoms. The third kappa shape index (κ3) is 1.13. The largest absolute Gasteiger partial charge is 0.312 e. The number of rotatable bonds is 1. The van der Waals surface area contributed by atoms with Crippen LogP contribution in [0.1, 0.15) is 0 Å². The van der Waals surface area contributed by atoms with Crippen molar-refractivity contribution in [3.05, 3.63) is 39.8 Å². The molecule has 13 heavy (non-hydrogen) atoms. The van der Waals surface area contributed by atoms with Crippen LogP contribution in [0.3, 0.4) is 0 Å². The molecular weight excluding hydrogens is 194 g/mol. The van der Waals surface area contributed by atoms with E-state index >= 15 is 0 Å². The van der Waals surface area contributed by atoms with Crippen LogP contribution in [0.2, 0.25) is 5.15 Å². The van der Waals surface area contributed by atoms with E-state index in [1.54, 1.807) is 6.20 Å². The van der Waals surface area contributed by atoms with E-state index in [4.69, 9.17) is 11.6 Å². The first kappa shape index (κ1) is 8.00. The zero-order valence-electron chi connectivity index (χ0n) is 6.35. The number of fused-ring (bicyclic) bond motifs is 1. The molecule has 0 amide bonds. The average Bonchev–Trinajstić information content (AvgIpc) is 2.53. The van der Waals surface area contributed by atoms with Crippen molar-refractivity contribution in [2.24, 2.45) is 0 Å². The van der Waals surface area contributed by atoms with E-state index in [0.29, 0.717) is 5.15 Å². The van der Waals surface area contributed by atoms with Gasteiger partial charge in [-0.2, -0.15) is 0 Å². The molecule has 0 unspecified atom stereocenters. The van der Waals surface area contributed by atoms with Gasteiger partial charge >= 0.3 is 5.69 Å². The third-order valence-corrected chi connectivity index (χ3v) is 1.98. The Morgan fingerprint density at radius 3 is 3.00 bits per heavy atom. The van der Waals surface area contributed by atoms with Crippen LogP contribution in [-0.4, -0.2) is 14.3 Å². The maximum absolute atomic E-state index is 10.5. The van der Waals surface area contributed by atoms with Crippen LogP contribution in [0, 0.1) is 10.1 Å². The maximum Gasteiger partial charge on any atom is 0.312 e. The highest BCUT2D eigenvalue weighted by atomic mass is 35.5. The molecule has 2 aromatic heterocycles. The van der Waals surface area contributed by atoms with Crippen LogP contribution in [0.15, 0.2) is 24.5 Å². The number of nitrogens with zero attached hydrogens (tertiary/aromatic N) is 3. The Labute approximate surface area is 77.7 Å². The molecule has 0 aliphatic rings. The van der Waals surface area contributed by atoms with Gasteiger partial charge in [0, 0.05) is 18.5 Å². The average molecular weight is 198 g/mol. The molecule has 2 rings (SSSR count). The molecule has 0 radical (unpaired) electrons. The van der Waals surface area contributed by atoms with Crippen LogP contribution in [0.25, 0.3) is 5.65 Å². The van der Waals surface area contributed by atoms with Gasteiger partial charge in [0.05, 0.1) is 4.92 Å². The molecule has 0 atom stereocenters. The molecule has 0 saturated carbocycles. The Hall–Kier alpha value is -1.62. The van der Waals surface area contributed by atoms with Crippen LogP contribution < -0.4 is 0 Å². The molecule has 0 saturated heterocycles. The molecule has 5 nitrogen and oxygen atoms in total. The zero-order chi connectivity index (χ0) is 9.42. The van der Waals surface area contributed by atoms with E-state index in [-0.39, 0.29) is 11.3 Å². The highest BCUT2D eigenvalue weighted by molar-refractivity contribution is 6.29. The van der Waals surface area contributed by atoms with Gasteiger partial charge in [-0.3, -0.25) is 14.5 Å². The van der Waals surface area contributed by atoms with Gasteiger partial charge in [0.25, 0.3) is 0 Å². The van der Waals surface area contributed by atoms with Gasteiger partial charge in [0.15, 0.2) is 0 Å². The second-order valence-electron chi connectivity index (χ2n) is 2.42. The second kappa shape index (κ2) is 2.70. The molecule has 2 aromatic rings. The van der Waals surface area contributed by atoms with Crippen molar-refractivity contribution in [3.8, 4) is 0 Å². The monoisotopic (exact) mass is 197 g/mol. The highest BCUT2D eigenvalue weighted by Gasteiger charge is 2.14. The predicted molar refractivity (Wildman–Crippen MR) is 46.9 cm³/mol. The van der Waals surface area contributed by atoms with Gasteiger partial charge in [0.1, 0.15) is 5.15 Å². The fourth-order valence-corrected chi connectivity index (χ4v) is 1.31. The lowest BCUT2D eigenvalue weighted by Crippen LogP contribution is -1.94. The zero-order valence-corrected chi connectivity index (χ0v) is 7.10. The number of hydrogen-bond acceptors (Lipinski definition) is 3. The summed E-state index contributed by atoms with van der Waals surface area (Å²) in [4.78, 5) is 13.9. The van der Waals surface area contributed by atoms with E-state index in [9.17, 15) is 10.1 Å². The lowest BCUT2D eigenvalue weighted by molar-refractivity contribution is -0.383. The quantitative estimate of drug-likeness (QED) is 0.399. The summed E-state index contributed by atoms with van der Waals surface area (Å²) in [5.41, 5.74) is 0.215. The minimum atomic E-state index is -0.487. The van der Waals surface area contributed by atoms with Gasteiger partial charge in [0.2, 0.25) is 5.65 Å². The smallest absolute Gasteiger partial charge is 0.284 e. The van der Waals surface area contributed by atoms with Crippen LogP contribution in [0.4, 0.5) is 5.69 Å². The van der Waals surface area contributed by atoms with Crippen LogP contribution >= 0.6 is 11.6 Å². The molecule has 6 heteroatoms. The van der Waals surface area contributed by atoms with Gasteiger partial charge in [-0.15, -0.1) is 0 Å². The SMILES string of the molecule is O=[N+]([O-])c1ccc(Cl)n2ccnc12. The molecular formula is C7H4ClN3O2. The number of nitro groups is 1. The maximum atomic E-state index is 10.5. The van der Waals surface area contributed by atoms with Crippen molar-refractivity contribution in [1.29, 1.82) is 0 Å². The summed E-state index contributed by atoms with van der Waals surface area (Å²) in [5, 5.41) is 10.9. The predicted octanol–water partition coefficient (Wildman–Crippen LogP) is 1.90. The molecule has 2 heterocycles. The summed E-state index contributed by atoms with van der Waals surface area (Å²) in [5.74, 6) is 0. The lowest BCUT2D eigenvalue weighted by Gasteiger charge is -1.97. The first-order chi connectivity index (χ1) is 6.20. The summed E-state index contributed by atoms with van der Waals surface area (Å²) in [6.07, 6.45) is 3.04. The highest BCUT2D eigenvalue weighted by Crippen LogP contribution is 2.21. The normalized spacial score (nSPS) is 10.5. The van der Waals surface area contributed by atoms with Gasteiger partial charge in [-0.05, 0) is 6.07 Å². The molecule has 0 aromatic carbocycles.